The van der Waals surface area contributed by atoms with E-state index in [0.717, 1.165) is 32.1 Å². The summed E-state index contributed by atoms with van der Waals surface area (Å²) in [6.45, 7) is 6.68. The van der Waals surface area contributed by atoms with Crippen LogP contribution in [0.2, 0.25) is 0 Å². The Labute approximate surface area is 158 Å². The molecule has 138 valence electrons. The van der Waals surface area contributed by atoms with Crippen LogP contribution in [0, 0.1) is 0 Å². The summed E-state index contributed by atoms with van der Waals surface area (Å²) in [7, 11) is 0. The van der Waals surface area contributed by atoms with Crippen LogP contribution < -0.4 is 0 Å². The predicted octanol–water partition coefficient (Wildman–Crippen LogP) is 6.77. The minimum absolute atomic E-state index is 0.149. The van der Waals surface area contributed by atoms with E-state index in [9.17, 15) is 0 Å². The molecule has 1 N–H and O–H groups in total. The Morgan fingerprint density at radius 1 is 0.769 bits per heavy atom. The van der Waals surface area contributed by atoms with Crippen molar-refractivity contribution in [3.8, 4) is 0 Å². The molecule has 1 nitrogen and oxygen atoms in total. The third-order valence-electron chi connectivity index (χ3n) is 4.80. The van der Waals surface area contributed by atoms with Gasteiger partial charge in [-0.2, -0.15) is 0 Å². The minimum Gasteiger partial charge on any atom is -0.392 e. The molecule has 0 radical (unpaired) electrons. The largest absolute Gasteiger partial charge is 0.392 e. The number of aliphatic hydroxyl groups is 1. The molecular weight excluding hydrogens is 316 g/mol. The van der Waals surface area contributed by atoms with Gasteiger partial charge in [0.1, 0.15) is 0 Å². The molecule has 2 rings (SSSR count). The number of aliphatic hydroxyl groups excluding tert-OH is 1. The Kier molecular flexibility index (Phi) is 8.37. The van der Waals surface area contributed by atoms with Crippen molar-refractivity contribution in [2.45, 2.75) is 52.9 Å². The van der Waals surface area contributed by atoms with Crippen LogP contribution in [0.1, 0.15) is 52.0 Å². The van der Waals surface area contributed by atoms with Gasteiger partial charge in [-0.1, -0.05) is 77.4 Å². The highest BCUT2D eigenvalue weighted by atomic mass is 16.2. The average molecular weight is 349 g/mol. The normalized spacial score (nSPS) is 13.5. The van der Waals surface area contributed by atoms with Crippen molar-refractivity contribution in [2.75, 3.05) is 6.61 Å². The fraction of sp³-hybridized carbons (Fsp3) is 0.360. The van der Waals surface area contributed by atoms with E-state index in [1.165, 1.54) is 33.1 Å². The molecule has 0 aliphatic carbocycles. The molecular formula is C25H32O. The van der Waals surface area contributed by atoms with Crippen molar-refractivity contribution in [3.63, 3.8) is 0 Å². The van der Waals surface area contributed by atoms with Gasteiger partial charge >= 0.3 is 0 Å². The molecule has 0 heterocycles. The molecule has 0 atom stereocenters. The van der Waals surface area contributed by atoms with Crippen LogP contribution in [0.25, 0.3) is 10.8 Å². The van der Waals surface area contributed by atoms with Gasteiger partial charge in [0.05, 0.1) is 6.61 Å². The molecule has 0 unspecified atom stereocenters. The van der Waals surface area contributed by atoms with Crippen LogP contribution >= 0.6 is 0 Å². The Morgan fingerprint density at radius 3 is 2.08 bits per heavy atom. The molecule has 26 heavy (non-hydrogen) atoms. The van der Waals surface area contributed by atoms with Crippen LogP contribution in [0.5, 0.6) is 0 Å². The summed E-state index contributed by atoms with van der Waals surface area (Å²) in [5.74, 6) is 0. The standard InChI is InChI=1S/C25H32O/c1-20(8-6-10-21(2)16-17-26)9-7-11-22(3)18-23-14-15-24-12-4-5-13-25(24)19-23/h4-5,8,11-16,19,26H,6-7,9-10,17-18H2,1-3H3/b20-8+,21-16+,22-11+. The summed E-state index contributed by atoms with van der Waals surface area (Å²) in [4.78, 5) is 0. The number of rotatable bonds is 9. The minimum atomic E-state index is 0.149. The second kappa shape index (κ2) is 10.8. The van der Waals surface area contributed by atoms with Gasteiger partial charge in [-0.05, 0) is 69.2 Å². The van der Waals surface area contributed by atoms with Crippen LogP contribution in [0.15, 0.2) is 77.4 Å². The van der Waals surface area contributed by atoms with E-state index in [2.05, 4.69) is 75.4 Å². The molecule has 0 saturated carbocycles. The lowest BCUT2D eigenvalue weighted by Crippen LogP contribution is -1.88. The maximum atomic E-state index is 8.87. The van der Waals surface area contributed by atoms with Gasteiger partial charge < -0.3 is 5.11 Å². The Morgan fingerprint density at radius 2 is 1.38 bits per heavy atom. The monoisotopic (exact) mass is 348 g/mol. The first-order valence-electron chi connectivity index (χ1n) is 9.64. The first-order valence-corrected chi connectivity index (χ1v) is 9.64. The second-order valence-electron chi connectivity index (χ2n) is 7.27. The van der Waals surface area contributed by atoms with E-state index in [-0.39, 0.29) is 6.61 Å². The highest BCUT2D eigenvalue weighted by molar-refractivity contribution is 5.83. The number of hydrogen-bond acceptors (Lipinski definition) is 1. The molecule has 2 aromatic rings. The summed E-state index contributed by atoms with van der Waals surface area (Å²) in [6, 6.07) is 15.3. The average Bonchev–Trinajstić information content (AvgIpc) is 2.62. The molecule has 2 aromatic carbocycles. The van der Waals surface area contributed by atoms with Crippen LogP contribution in [-0.4, -0.2) is 11.7 Å². The molecule has 0 spiro atoms. The zero-order valence-electron chi connectivity index (χ0n) is 16.5. The fourth-order valence-corrected chi connectivity index (χ4v) is 3.20. The molecule has 0 aromatic heterocycles. The van der Waals surface area contributed by atoms with Crippen molar-refractivity contribution < 1.29 is 5.11 Å². The molecule has 0 aliphatic heterocycles. The van der Waals surface area contributed by atoms with Gasteiger partial charge in [-0.15, -0.1) is 0 Å². The summed E-state index contributed by atoms with van der Waals surface area (Å²) in [5, 5.41) is 11.5. The number of allylic oxidation sites excluding steroid dienone is 5. The Balaban J connectivity index is 1.80. The Bertz CT molecular complexity index is 793. The van der Waals surface area contributed by atoms with E-state index < -0.39 is 0 Å². The van der Waals surface area contributed by atoms with Gasteiger partial charge in [-0.25, -0.2) is 0 Å². The topological polar surface area (TPSA) is 20.2 Å². The van der Waals surface area contributed by atoms with E-state index in [4.69, 9.17) is 5.11 Å². The van der Waals surface area contributed by atoms with Crippen molar-refractivity contribution in [1.82, 2.24) is 0 Å². The zero-order valence-corrected chi connectivity index (χ0v) is 16.5. The summed E-state index contributed by atoms with van der Waals surface area (Å²) in [5.41, 5.74) is 5.55. The van der Waals surface area contributed by atoms with E-state index in [1.54, 1.807) is 0 Å². The molecule has 1 heteroatoms. The number of hydrogen-bond donors (Lipinski definition) is 1. The summed E-state index contributed by atoms with van der Waals surface area (Å²) in [6.07, 6.45) is 12.0. The first-order chi connectivity index (χ1) is 12.6. The molecule has 0 amide bonds. The van der Waals surface area contributed by atoms with Crippen molar-refractivity contribution in [1.29, 1.82) is 0 Å². The summed E-state index contributed by atoms with van der Waals surface area (Å²) < 4.78 is 0. The van der Waals surface area contributed by atoms with Gasteiger partial charge in [0.15, 0.2) is 0 Å². The van der Waals surface area contributed by atoms with Gasteiger partial charge in [0.25, 0.3) is 0 Å². The SMILES string of the molecule is C/C(=C\CO)CC/C=C(\C)CC/C=C(\C)Cc1ccc2ccccc2c1. The van der Waals surface area contributed by atoms with Crippen LogP contribution in [0.4, 0.5) is 0 Å². The molecule has 0 bridgehead atoms. The molecule has 0 fully saturated rings. The lowest BCUT2D eigenvalue weighted by atomic mass is 10.0. The number of fused-ring (bicyclic) bond motifs is 1. The third-order valence-corrected chi connectivity index (χ3v) is 4.80. The highest BCUT2D eigenvalue weighted by Gasteiger charge is 1.98. The van der Waals surface area contributed by atoms with Gasteiger partial charge in [0.2, 0.25) is 0 Å². The van der Waals surface area contributed by atoms with E-state index >= 15 is 0 Å². The smallest absolute Gasteiger partial charge is 0.0614 e. The van der Waals surface area contributed by atoms with Gasteiger partial charge in [0, 0.05) is 0 Å². The highest BCUT2D eigenvalue weighted by Crippen LogP contribution is 2.18. The van der Waals surface area contributed by atoms with Crippen molar-refractivity contribution >= 4 is 10.8 Å². The third kappa shape index (κ3) is 7.01. The summed E-state index contributed by atoms with van der Waals surface area (Å²) >= 11 is 0. The van der Waals surface area contributed by atoms with E-state index in [1.807, 2.05) is 6.08 Å². The van der Waals surface area contributed by atoms with Crippen LogP contribution in [-0.2, 0) is 6.42 Å². The quantitative estimate of drug-likeness (QED) is 0.495. The lowest BCUT2D eigenvalue weighted by molar-refractivity contribution is 0.341. The second-order valence-corrected chi connectivity index (χ2v) is 7.27. The lowest BCUT2D eigenvalue weighted by Gasteiger charge is -2.05. The number of benzene rings is 2. The van der Waals surface area contributed by atoms with Crippen molar-refractivity contribution in [2.24, 2.45) is 0 Å². The maximum absolute atomic E-state index is 8.87. The van der Waals surface area contributed by atoms with Crippen LogP contribution in [0.3, 0.4) is 0 Å². The van der Waals surface area contributed by atoms with E-state index in [0.29, 0.717) is 0 Å². The molecule has 0 aliphatic rings. The molecule has 0 saturated heterocycles. The van der Waals surface area contributed by atoms with Crippen molar-refractivity contribution in [3.05, 3.63) is 83.0 Å². The first kappa shape index (κ1) is 20.2. The maximum Gasteiger partial charge on any atom is 0.0614 e. The fourth-order valence-electron chi connectivity index (χ4n) is 3.20. The Hall–Kier alpha value is -2.12. The van der Waals surface area contributed by atoms with Gasteiger partial charge in [-0.3, -0.25) is 0 Å². The predicted molar refractivity (Wildman–Crippen MR) is 114 cm³/mol. The zero-order chi connectivity index (χ0) is 18.8.